The number of aryl methyl sites for hydroxylation is 1. The van der Waals surface area contributed by atoms with Crippen molar-refractivity contribution >= 4 is 63.1 Å². The summed E-state index contributed by atoms with van der Waals surface area (Å²) < 4.78 is 5.42. The number of anilines is 1. The summed E-state index contributed by atoms with van der Waals surface area (Å²) in [7, 11) is 0. The Balaban J connectivity index is 1.21. The van der Waals surface area contributed by atoms with Crippen LogP contribution in [0.4, 0.5) is 5.69 Å². The molecule has 1 aliphatic heterocycles. The van der Waals surface area contributed by atoms with Gasteiger partial charge in [0.2, 0.25) is 17.6 Å². The fraction of sp³-hybridized carbons (Fsp3) is 0.219. The fourth-order valence-corrected chi connectivity index (χ4v) is 7.18. The van der Waals surface area contributed by atoms with Crippen molar-refractivity contribution in [1.29, 1.82) is 0 Å². The third-order valence-corrected chi connectivity index (χ3v) is 9.73. The van der Waals surface area contributed by atoms with Crippen molar-refractivity contribution in [2.24, 2.45) is 23.7 Å². The molecule has 2 aromatic heterocycles. The molecule has 0 N–H and O–H groups in total. The molecule has 2 amide bonds. The number of ether oxygens (including phenoxy) is 1. The number of carbonyl (C=O) groups excluding carboxylic acids is 4. The van der Waals surface area contributed by atoms with Crippen LogP contribution in [0.2, 0.25) is 5.02 Å². The van der Waals surface area contributed by atoms with Gasteiger partial charge in [0.25, 0.3) is 0 Å². The van der Waals surface area contributed by atoms with Crippen LogP contribution in [0.15, 0.2) is 72.1 Å². The summed E-state index contributed by atoms with van der Waals surface area (Å²) in [6.07, 6.45) is 5.03. The molecule has 2 aromatic carbocycles. The van der Waals surface area contributed by atoms with Crippen molar-refractivity contribution in [3.05, 3.63) is 93.2 Å². The van der Waals surface area contributed by atoms with Crippen LogP contribution < -0.4 is 4.90 Å². The maximum absolute atomic E-state index is 13.2. The second-order valence-electron chi connectivity index (χ2n) is 10.7. The first kappa shape index (κ1) is 25.8. The van der Waals surface area contributed by atoms with E-state index in [1.54, 1.807) is 60.0 Å². The Morgan fingerprint density at radius 1 is 1.02 bits per heavy atom. The van der Waals surface area contributed by atoms with Crippen molar-refractivity contribution in [2.45, 2.75) is 13.3 Å². The number of carbonyl (C=O) groups is 4. The van der Waals surface area contributed by atoms with Crippen LogP contribution in [-0.2, 0) is 14.3 Å². The lowest BCUT2D eigenvalue weighted by Gasteiger charge is -2.18. The smallest absolute Gasteiger partial charge is 0.339 e. The van der Waals surface area contributed by atoms with E-state index in [1.807, 2.05) is 6.92 Å². The Kier molecular flexibility index (Phi) is 6.14. The van der Waals surface area contributed by atoms with Crippen LogP contribution in [0, 0.1) is 30.6 Å². The standard InChI is InChI=1S/C32H23ClN2O5S/c1-16-23(33)11-10-21-22(32(39)40-15-25(36)26-3-2-12-41-26)14-24(34-29(16)21)17-6-8-20(9-7-17)35-30(37)27-18-4-5-19(13-18)28(27)31(35)38/h2-12,14,18-19,27-28H,13,15H2,1H3. The average molecular weight is 583 g/mol. The number of amides is 2. The highest BCUT2D eigenvalue weighted by Gasteiger charge is 2.59. The zero-order chi connectivity index (χ0) is 28.4. The number of esters is 1. The van der Waals surface area contributed by atoms with Crippen LogP contribution in [0.25, 0.3) is 22.2 Å². The first-order valence-corrected chi connectivity index (χ1v) is 14.6. The number of ketones is 1. The summed E-state index contributed by atoms with van der Waals surface area (Å²) in [6, 6.07) is 15.5. The molecular formula is C32H23ClN2O5S. The van der Waals surface area contributed by atoms with E-state index in [4.69, 9.17) is 21.3 Å². The summed E-state index contributed by atoms with van der Waals surface area (Å²) in [6.45, 7) is 1.44. The lowest BCUT2D eigenvalue weighted by Crippen LogP contribution is -2.32. The van der Waals surface area contributed by atoms with Gasteiger partial charge in [-0.3, -0.25) is 19.3 Å². The van der Waals surface area contributed by atoms with Gasteiger partial charge in [-0.05, 0) is 66.5 Å². The van der Waals surface area contributed by atoms with Gasteiger partial charge in [-0.15, -0.1) is 11.3 Å². The predicted molar refractivity (Wildman–Crippen MR) is 156 cm³/mol. The van der Waals surface area contributed by atoms with E-state index >= 15 is 0 Å². The summed E-state index contributed by atoms with van der Waals surface area (Å²) in [5.74, 6) is -1.46. The summed E-state index contributed by atoms with van der Waals surface area (Å²) in [5.41, 5.74) is 3.19. The van der Waals surface area contributed by atoms with Gasteiger partial charge >= 0.3 is 5.97 Å². The first-order valence-electron chi connectivity index (χ1n) is 13.3. The minimum Gasteiger partial charge on any atom is -0.454 e. The molecule has 7 rings (SSSR count). The molecular weight excluding hydrogens is 560 g/mol. The zero-order valence-corrected chi connectivity index (χ0v) is 23.4. The topological polar surface area (TPSA) is 93.6 Å². The van der Waals surface area contributed by atoms with Gasteiger partial charge in [-0.2, -0.15) is 0 Å². The number of rotatable bonds is 6. The van der Waals surface area contributed by atoms with Gasteiger partial charge in [0.05, 0.1) is 39.2 Å². The Hall–Kier alpha value is -4.14. The molecule has 7 nitrogen and oxygen atoms in total. The average Bonchev–Trinajstić information content (AvgIpc) is 3.79. The van der Waals surface area contributed by atoms with Crippen molar-refractivity contribution in [1.82, 2.24) is 4.98 Å². The second kappa shape index (κ2) is 9.75. The summed E-state index contributed by atoms with van der Waals surface area (Å²) in [5, 5.41) is 2.85. The van der Waals surface area contributed by atoms with Crippen molar-refractivity contribution in [3.63, 3.8) is 0 Å². The molecule has 9 heteroatoms. The molecule has 1 saturated heterocycles. The third kappa shape index (κ3) is 4.12. The van der Waals surface area contributed by atoms with Gasteiger partial charge in [0, 0.05) is 16.0 Å². The number of fused-ring (bicyclic) bond motifs is 6. The molecule has 0 radical (unpaired) electrons. The molecule has 2 bridgehead atoms. The van der Waals surface area contributed by atoms with Crippen LogP contribution in [0.3, 0.4) is 0 Å². The molecule has 4 unspecified atom stereocenters. The van der Waals surface area contributed by atoms with Crippen molar-refractivity contribution < 1.29 is 23.9 Å². The van der Waals surface area contributed by atoms with E-state index in [0.717, 1.165) is 6.42 Å². The van der Waals surface area contributed by atoms with Gasteiger partial charge in [-0.25, -0.2) is 9.78 Å². The number of aromatic nitrogens is 1. The Morgan fingerprint density at radius 3 is 2.39 bits per heavy atom. The second-order valence-corrected chi connectivity index (χ2v) is 12.0. The highest BCUT2D eigenvalue weighted by molar-refractivity contribution is 7.12. The van der Waals surface area contributed by atoms with Gasteiger partial charge in [0.1, 0.15) is 0 Å². The molecule has 4 atom stereocenters. The SMILES string of the molecule is Cc1c(Cl)ccc2c(C(=O)OCC(=O)c3cccs3)cc(-c3ccc(N4C(=O)C5C6C=CC(C6)C5C4=O)cc3)nc12. The number of pyridine rings is 1. The fourth-order valence-electron chi connectivity index (χ4n) is 6.38. The van der Waals surface area contributed by atoms with E-state index in [2.05, 4.69) is 12.2 Å². The van der Waals surface area contributed by atoms with Gasteiger partial charge in [0.15, 0.2) is 6.61 Å². The molecule has 2 fully saturated rings. The highest BCUT2D eigenvalue weighted by Crippen LogP contribution is 2.53. The van der Waals surface area contributed by atoms with E-state index in [9.17, 15) is 19.2 Å². The molecule has 1 saturated carbocycles. The number of imide groups is 1. The van der Waals surface area contributed by atoms with Crippen molar-refractivity contribution in [2.75, 3.05) is 11.5 Å². The first-order chi connectivity index (χ1) is 19.8. The number of benzene rings is 2. The van der Waals surface area contributed by atoms with Crippen molar-refractivity contribution in [3.8, 4) is 11.3 Å². The zero-order valence-electron chi connectivity index (χ0n) is 21.9. The molecule has 3 aliphatic rings. The van der Waals surface area contributed by atoms with Crippen LogP contribution >= 0.6 is 22.9 Å². The van der Waals surface area contributed by atoms with E-state index in [-0.39, 0.29) is 53.4 Å². The van der Waals surface area contributed by atoms with Gasteiger partial charge < -0.3 is 4.74 Å². The molecule has 3 heterocycles. The van der Waals surface area contributed by atoms with Gasteiger partial charge in [-0.1, -0.05) is 48.0 Å². The number of halogens is 1. The molecule has 4 aromatic rings. The Labute approximate surface area is 244 Å². The number of allylic oxidation sites excluding steroid dienone is 2. The maximum Gasteiger partial charge on any atom is 0.339 e. The highest BCUT2D eigenvalue weighted by atomic mass is 35.5. The minimum atomic E-state index is -0.648. The molecule has 41 heavy (non-hydrogen) atoms. The van der Waals surface area contributed by atoms with Crippen LogP contribution in [-0.4, -0.2) is 35.2 Å². The number of thiophene rings is 1. The Bertz CT molecular complexity index is 1770. The number of nitrogens with zero attached hydrogens (tertiary/aromatic N) is 2. The van der Waals surface area contributed by atoms with E-state index in [0.29, 0.717) is 43.3 Å². The minimum absolute atomic E-state index is 0.138. The number of hydrogen-bond acceptors (Lipinski definition) is 7. The summed E-state index contributed by atoms with van der Waals surface area (Å²) >= 11 is 7.68. The van der Waals surface area contributed by atoms with Crippen LogP contribution in [0.1, 0.15) is 32.0 Å². The number of Topliss-reactive ketones (excluding diaryl/α,β-unsaturated/α-hetero) is 1. The Morgan fingerprint density at radius 2 is 1.73 bits per heavy atom. The molecule has 2 aliphatic carbocycles. The third-order valence-electron chi connectivity index (χ3n) is 8.41. The monoisotopic (exact) mass is 582 g/mol. The lowest BCUT2D eigenvalue weighted by atomic mass is 9.85. The largest absolute Gasteiger partial charge is 0.454 e. The normalized spacial score (nSPS) is 22.5. The maximum atomic E-state index is 13.2. The lowest BCUT2D eigenvalue weighted by molar-refractivity contribution is -0.123. The van der Waals surface area contributed by atoms with Crippen LogP contribution in [0.5, 0.6) is 0 Å². The van der Waals surface area contributed by atoms with E-state index < -0.39 is 5.97 Å². The molecule has 0 spiro atoms. The quantitative estimate of drug-likeness (QED) is 0.115. The predicted octanol–water partition coefficient (Wildman–Crippen LogP) is 6.28. The molecule has 204 valence electrons. The summed E-state index contributed by atoms with van der Waals surface area (Å²) in [4.78, 5) is 58.8. The van der Waals surface area contributed by atoms with E-state index in [1.165, 1.54) is 16.2 Å². The number of hydrogen-bond donors (Lipinski definition) is 0.